The Kier molecular flexibility index (Phi) is 16.2. The van der Waals surface area contributed by atoms with Crippen molar-refractivity contribution in [2.24, 2.45) is 0 Å². The first-order valence-corrected chi connectivity index (χ1v) is 12.5. The van der Waals surface area contributed by atoms with Crippen LogP contribution in [0.25, 0.3) is 0 Å². The maximum absolute atomic E-state index is 11.1. The number of hydrogen-bond donors (Lipinski definition) is 4. The summed E-state index contributed by atoms with van der Waals surface area (Å²) in [6, 6.07) is 0. The third-order valence-corrected chi connectivity index (χ3v) is 6.09. The highest BCUT2D eigenvalue weighted by molar-refractivity contribution is 5.73. The summed E-state index contributed by atoms with van der Waals surface area (Å²) in [5.41, 5.74) is 0. The van der Waals surface area contributed by atoms with E-state index in [1.54, 1.807) is 0 Å². The van der Waals surface area contributed by atoms with E-state index in [-0.39, 0.29) is 0 Å². The predicted octanol–water partition coefficient (Wildman–Crippen LogP) is 4.16. The normalized spacial score (nSPS) is 26.3. The van der Waals surface area contributed by atoms with Crippen LogP contribution in [0, 0.1) is 0 Å². The zero-order valence-electron chi connectivity index (χ0n) is 19.4. The van der Waals surface area contributed by atoms with Crippen molar-refractivity contribution in [1.29, 1.82) is 0 Å². The molecule has 184 valence electrons. The van der Waals surface area contributed by atoms with Gasteiger partial charge in [-0.2, -0.15) is 0 Å². The molecule has 0 saturated carbocycles. The lowest BCUT2D eigenvalue weighted by molar-refractivity contribution is -0.294. The molecule has 1 rings (SSSR count). The van der Waals surface area contributed by atoms with Gasteiger partial charge in [0.1, 0.15) is 18.3 Å². The average molecular weight is 447 g/mol. The number of unbranched alkanes of at least 4 members (excludes halogenated alkanes) is 15. The molecule has 0 radical (unpaired) electrons. The van der Waals surface area contributed by atoms with Gasteiger partial charge in [-0.25, -0.2) is 4.79 Å². The van der Waals surface area contributed by atoms with Crippen LogP contribution in [-0.4, -0.2) is 63.7 Å². The zero-order chi connectivity index (χ0) is 22.9. The molecule has 4 N–H and O–H groups in total. The van der Waals surface area contributed by atoms with Gasteiger partial charge in [0.05, 0.1) is 0 Å². The van der Waals surface area contributed by atoms with E-state index >= 15 is 0 Å². The van der Waals surface area contributed by atoms with E-state index in [0.29, 0.717) is 6.61 Å². The average Bonchev–Trinajstić information content (AvgIpc) is 2.75. The quantitative estimate of drug-likeness (QED) is 0.220. The van der Waals surface area contributed by atoms with Gasteiger partial charge >= 0.3 is 5.97 Å². The number of carbonyl (C=O) groups is 1. The number of hydrogen-bond acceptors (Lipinski definition) is 6. The van der Waals surface area contributed by atoms with Crippen LogP contribution in [-0.2, 0) is 14.3 Å². The minimum absolute atomic E-state index is 0.315. The van der Waals surface area contributed by atoms with Crippen LogP contribution in [0.5, 0.6) is 0 Å². The molecule has 1 aliphatic heterocycles. The number of carboxylic acids is 1. The molecule has 0 bridgehead atoms. The molecule has 0 aromatic rings. The highest BCUT2D eigenvalue weighted by Crippen LogP contribution is 2.22. The number of aliphatic hydroxyl groups excluding tert-OH is 3. The third-order valence-electron chi connectivity index (χ3n) is 6.09. The summed E-state index contributed by atoms with van der Waals surface area (Å²) in [6.45, 7) is 2.57. The lowest BCUT2D eigenvalue weighted by Gasteiger charge is -2.38. The Morgan fingerprint density at radius 3 is 1.52 bits per heavy atom. The molecule has 31 heavy (non-hydrogen) atoms. The summed E-state index contributed by atoms with van der Waals surface area (Å²) >= 11 is 0. The molecule has 1 aliphatic rings. The van der Waals surface area contributed by atoms with Gasteiger partial charge in [0.15, 0.2) is 12.4 Å². The van der Waals surface area contributed by atoms with Gasteiger partial charge in [-0.1, -0.05) is 103 Å². The number of rotatable bonds is 19. The van der Waals surface area contributed by atoms with Gasteiger partial charge < -0.3 is 29.9 Å². The molecule has 5 atom stereocenters. The van der Waals surface area contributed by atoms with Crippen molar-refractivity contribution in [2.75, 3.05) is 6.61 Å². The van der Waals surface area contributed by atoms with Crippen LogP contribution in [0.2, 0.25) is 0 Å². The van der Waals surface area contributed by atoms with Crippen LogP contribution in [0.1, 0.15) is 110 Å². The van der Waals surface area contributed by atoms with E-state index in [4.69, 9.17) is 14.6 Å². The van der Waals surface area contributed by atoms with Crippen molar-refractivity contribution in [3.63, 3.8) is 0 Å². The van der Waals surface area contributed by atoms with E-state index in [0.717, 1.165) is 19.3 Å². The molecule has 1 saturated heterocycles. The third kappa shape index (κ3) is 12.2. The molecule has 7 heteroatoms. The van der Waals surface area contributed by atoms with Crippen LogP contribution in [0.4, 0.5) is 0 Å². The van der Waals surface area contributed by atoms with Crippen molar-refractivity contribution >= 4 is 5.97 Å². The Labute approximate surface area is 188 Å². The first-order valence-electron chi connectivity index (χ1n) is 12.5. The van der Waals surface area contributed by atoms with E-state index < -0.39 is 36.7 Å². The summed E-state index contributed by atoms with van der Waals surface area (Å²) in [4.78, 5) is 11.1. The van der Waals surface area contributed by atoms with Gasteiger partial charge in [-0.15, -0.1) is 0 Å². The summed E-state index contributed by atoms with van der Waals surface area (Å²) in [7, 11) is 0. The number of aliphatic carboxylic acids is 1. The molecule has 1 fully saturated rings. The van der Waals surface area contributed by atoms with E-state index in [1.165, 1.54) is 83.5 Å². The highest BCUT2D eigenvalue weighted by atomic mass is 16.7. The van der Waals surface area contributed by atoms with Gasteiger partial charge in [0.2, 0.25) is 0 Å². The predicted molar refractivity (Wildman–Crippen MR) is 120 cm³/mol. The fourth-order valence-electron chi connectivity index (χ4n) is 4.04. The Hall–Kier alpha value is -0.730. The maximum atomic E-state index is 11.1. The molecule has 0 amide bonds. The monoisotopic (exact) mass is 446 g/mol. The SMILES string of the molecule is CCCCCCCCCCCCCCCCCCO[C@@H]1O[C@H](C(=O)O)[C@@H](O)[C@H](O)[C@H]1O. The second-order valence-electron chi connectivity index (χ2n) is 8.91. The van der Waals surface area contributed by atoms with Crippen molar-refractivity contribution in [3.8, 4) is 0 Å². The fraction of sp³-hybridized carbons (Fsp3) is 0.958. The highest BCUT2D eigenvalue weighted by Gasteiger charge is 2.47. The van der Waals surface area contributed by atoms with Crippen LogP contribution in [0.3, 0.4) is 0 Å². The van der Waals surface area contributed by atoms with Gasteiger partial charge in [0.25, 0.3) is 0 Å². The van der Waals surface area contributed by atoms with Gasteiger partial charge in [0, 0.05) is 6.61 Å². The molecule has 0 aliphatic carbocycles. The fourth-order valence-corrected chi connectivity index (χ4v) is 4.04. The Balaban J connectivity index is 1.91. The minimum atomic E-state index is -1.68. The molecule has 0 spiro atoms. The molecule has 1 heterocycles. The number of ether oxygens (including phenoxy) is 2. The first-order chi connectivity index (χ1) is 15.0. The lowest BCUT2D eigenvalue weighted by atomic mass is 9.99. The Morgan fingerprint density at radius 1 is 0.677 bits per heavy atom. The second kappa shape index (κ2) is 17.8. The second-order valence-corrected chi connectivity index (χ2v) is 8.91. The van der Waals surface area contributed by atoms with Crippen LogP contribution >= 0.6 is 0 Å². The minimum Gasteiger partial charge on any atom is -0.479 e. The Morgan fingerprint density at radius 2 is 1.10 bits per heavy atom. The van der Waals surface area contributed by atoms with Crippen molar-refractivity contribution in [3.05, 3.63) is 0 Å². The number of carboxylic acid groups (broad SMARTS) is 1. The van der Waals surface area contributed by atoms with Gasteiger partial charge in [-0.3, -0.25) is 0 Å². The molecule has 0 aromatic carbocycles. The molecular weight excluding hydrogens is 400 g/mol. The van der Waals surface area contributed by atoms with Crippen LogP contribution in [0.15, 0.2) is 0 Å². The smallest absolute Gasteiger partial charge is 0.335 e. The molecule has 0 aromatic heterocycles. The van der Waals surface area contributed by atoms with Crippen molar-refractivity contribution < 1.29 is 34.7 Å². The van der Waals surface area contributed by atoms with Crippen molar-refractivity contribution in [1.82, 2.24) is 0 Å². The largest absolute Gasteiger partial charge is 0.479 e. The van der Waals surface area contributed by atoms with E-state index in [9.17, 15) is 20.1 Å². The molecular formula is C24H46O7. The molecule has 0 unspecified atom stereocenters. The molecule has 7 nitrogen and oxygen atoms in total. The summed E-state index contributed by atoms with van der Waals surface area (Å²) in [6.07, 6.45) is 12.8. The van der Waals surface area contributed by atoms with Crippen molar-refractivity contribution in [2.45, 2.75) is 140 Å². The zero-order valence-corrected chi connectivity index (χ0v) is 19.4. The summed E-state index contributed by atoms with van der Waals surface area (Å²) < 4.78 is 10.5. The maximum Gasteiger partial charge on any atom is 0.335 e. The summed E-state index contributed by atoms with van der Waals surface area (Å²) in [5.74, 6) is -1.39. The van der Waals surface area contributed by atoms with E-state index in [2.05, 4.69) is 6.92 Å². The first kappa shape index (κ1) is 28.3. The summed E-state index contributed by atoms with van der Waals surface area (Å²) in [5, 5.41) is 38.3. The van der Waals surface area contributed by atoms with E-state index in [1.807, 2.05) is 0 Å². The topological polar surface area (TPSA) is 116 Å². The Bertz CT molecular complexity index is 446. The van der Waals surface area contributed by atoms with Crippen LogP contribution < -0.4 is 0 Å². The standard InChI is InChI=1S/C24H46O7/c1-2-3-4-5-6-7-8-9-10-11-12-13-14-15-16-17-18-30-24-21(27)19(25)20(26)22(31-24)23(28)29/h19-22,24-27H,2-18H2,1H3,(H,28,29)/t19-,20-,21+,22-,24+/m0/s1. The van der Waals surface area contributed by atoms with Gasteiger partial charge in [-0.05, 0) is 6.42 Å². The number of aliphatic hydroxyl groups is 3. The lowest BCUT2D eigenvalue weighted by Crippen LogP contribution is -2.60.